The number of rotatable bonds is 12. The summed E-state index contributed by atoms with van der Waals surface area (Å²) in [6, 6.07) is 5.66. The number of carbonyl (C=O) groups excluding carboxylic acids is 1. The number of terminal acetylenes is 1. The molecule has 2 rings (SSSR count). The van der Waals surface area contributed by atoms with E-state index in [0.29, 0.717) is 12.4 Å². The topological polar surface area (TPSA) is 73.9 Å². The largest absolute Gasteiger partial charge is 0.458 e. The molecule has 1 N–H and O–H groups in total. The smallest absolute Gasteiger partial charge is 0.444 e. The zero-order valence-corrected chi connectivity index (χ0v) is 27.3. The second-order valence-corrected chi connectivity index (χ2v) is 13.4. The molecule has 1 aromatic carbocycles. The summed E-state index contributed by atoms with van der Waals surface area (Å²) in [4.78, 5) is 13.5. The molecule has 1 aromatic rings. The molecule has 4 atom stereocenters. The Balaban J connectivity index is 0.000000391. The SMILES string of the molecule is C#CC(OC(=O)[C@@H]1C(C=C(C)C)C1(C)C)/C(C)=C/CC.CCOP(=O)(NC(C)C)Oc1ccc(SC)c(C)c1. The summed E-state index contributed by atoms with van der Waals surface area (Å²) in [5, 5.41) is 2.86. The van der Waals surface area contributed by atoms with Crippen molar-refractivity contribution in [2.45, 2.75) is 92.7 Å². The molecule has 3 unspecified atom stereocenters. The van der Waals surface area contributed by atoms with E-state index in [2.05, 4.69) is 44.8 Å². The van der Waals surface area contributed by atoms with Gasteiger partial charge in [0.1, 0.15) is 5.75 Å². The van der Waals surface area contributed by atoms with E-state index < -0.39 is 13.9 Å². The maximum absolute atomic E-state index is 12.5. The molecule has 0 bridgehead atoms. The van der Waals surface area contributed by atoms with E-state index in [1.54, 1.807) is 18.7 Å². The minimum atomic E-state index is -3.30. The molecule has 0 aliphatic heterocycles. The quantitative estimate of drug-likeness (QED) is 0.0879. The zero-order chi connectivity index (χ0) is 30.0. The van der Waals surface area contributed by atoms with Crippen molar-refractivity contribution in [3.63, 3.8) is 0 Å². The molecule has 0 amide bonds. The molecule has 218 valence electrons. The number of allylic oxidation sites excluding steroid dienone is 3. The van der Waals surface area contributed by atoms with Gasteiger partial charge in [-0.2, -0.15) is 0 Å². The average Bonchev–Trinajstić information content (AvgIpc) is 3.36. The maximum atomic E-state index is 12.5. The molecular weight excluding hydrogens is 529 g/mol. The standard InChI is InChI=1S/C18H26O2.C13H22NO3PS/c1-8-10-13(5)15(9-2)20-17(19)16-14(11-12(3)4)18(16,6)7;1-6-16-18(15,14-10(2)3)17-12-7-8-13(19-5)11(4)9-12/h2,10-11,14-16H,8H2,1,3-7H3;7-10H,6H2,1-5H3,(H,14,15)/b13-10+;/t14?,15?,16-;/m0./s1. The molecule has 0 radical (unpaired) electrons. The summed E-state index contributed by atoms with van der Waals surface area (Å²) in [7, 11) is -3.30. The van der Waals surface area contributed by atoms with Crippen LogP contribution in [0.25, 0.3) is 0 Å². The van der Waals surface area contributed by atoms with Crippen LogP contribution in [0.15, 0.2) is 46.4 Å². The van der Waals surface area contributed by atoms with Gasteiger partial charge in [-0.15, -0.1) is 18.2 Å². The number of benzene rings is 1. The molecule has 1 aliphatic rings. The van der Waals surface area contributed by atoms with Crippen LogP contribution in [0.1, 0.15) is 74.3 Å². The Bertz CT molecular complexity index is 1110. The lowest BCUT2D eigenvalue weighted by Gasteiger charge is -2.21. The Morgan fingerprint density at radius 3 is 2.36 bits per heavy atom. The number of hydrogen-bond acceptors (Lipinski definition) is 6. The van der Waals surface area contributed by atoms with Gasteiger partial charge in [0, 0.05) is 10.9 Å². The summed E-state index contributed by atoms with van der Waals surface area (Å²) in [6.45, 7) is 20.2. The fourth-order valence-electron chi connectivity index (χ4n) is 4.30. The maximum Gasteiger partial charge on any atom is 0.458 e. The second kappa shape index (κ2) is 15.7. The Hall–Kier alpha value is -1.97. The van der Waals surface area contributed by atoms with E-state index in [-0.39, 0.29) is 29.3 Å². The Morgan fingerprint density at radius 1 is 1.26 bits per heavy atom. The molecule has 0 aromatic heterocycles. The van der Waals surface area contributed by atoms with Crippen LogP contribution in [0.4, 0.5) is 0 Å². The van der Waals surface area contributed by atoms with E-state index in [1.807, 2.05) is 65.1 Å². The highest BCUT2D eigenvalue weighted by atomic mass is 32.2. The molecule has 8 heteroatoms. The highest BCUT2D eigenvalue weighted by Crippen LogP contribution is 2.60. The van der Waals surface area contributed by atoms with Crippen molar-refractivity contribution < 1.29 is 23.1 Å². The number of ether oxygens (including phenoxy) is 1. The molecule has 1 saturated carbocycles. The highest BCUT2D eigenvalue weighted by molar-refractivity contribution is 7.98. The molecular formula is C31H48NO5PS. The van der Waals surface area contributed by atoms with Crippen LogP contribution in [0.5, 0.6) is 5.75 Å². The fourth-order valence-corrected chi connectivity index (χ4v) is 6.43. The van der Waals surface area contributed by atoms with Crippen LogP contribution in [0.2, 0.25) is 0 Å². The van der Waals surface area contributed by atoms with Gasteiger partial charge < -0.3 is 9.26 Å². The summed E-state index contributed by atoms with van der Waals surface area (Å²) in [5.41, 5.74) is 3.22. The predicted octanol–water partition coefficient (Wildman–Crippen LogP) is 8.36. The van der Waals surface area contributed by atoms with Crippen LogP contribution in [0, 0.1) is 36.5 Å². The van der Waals surface area contributed by atoms with Crippen LogP contribution < -0.4 is 9.61 Å². The van der Waals surface area contributed by atoms with E-state index in [9.17, 15) is 9.36 Å². The van der Waals surface area contributed by atoms with Crippen molar-refractivity contribution in [2.75, 3.05) is 12.9 Å². The van der Waals surface area contributed by atoms with Crippen LogP contribution >= 0.6 is 19.5 Å². The molecule has 0 saturated heterocycles. The molecule has 39 heavy (non-hydrogen) atoms. The van der Waals surface area contributed by atoms with Crippen molar-refractivity contribution in [2.24, 2.45) is 17.3 Å². The first-order valence-electron chi connectivity index (χ1n) is 13.5. The van der Waals surface area contributed by atoms with Gasteiger partial charge in [-0.3, -0.25) is 9.32 Å². The monoisotopic (exact) mass is 577 g/mol. The van der Waals surface area contributed by atoms with Gasteiger partial charge in [-0.25, -0.2) is 9.65 Å². The number of thioether (sulfide) groups is 1. The van der Waals surface area contributed by atoms with Crippen molar-refractivity contribution >= 4 is 25.5 Å². The first-order chi connectivity index (χ1) is 18.1. The van der Waals surface area contributed by atoms with E-state index in [4.69, 9.17) is 20.2 Å². The van der Waals surface area contributed by atoms with Crippen LogP contribution in [0.3, 0.4) is 0 Å². The summed E-state index contributed by atoms with van der Waals surface area (Å²) >= 11 is 1.67. The first kappa shape index (κ1) is 35.1. The van der Waals surface area contributed by atoms with Crippen molar-refractivity contribution in [3.8, 4) is 18.1 Å². The lowest BCUT2D eigenvalue weighted by atomic mass is 10.1. The predicted molar refractivity (Wildman–Crippen MR) is 164 cm³/mol. The van der Waals surface area contributed by atoms with Gasteiger partial charge in [0.05, 0.1) is 12.5 Å². The number of aryl methyl sites for hydroxylation is 1. The van der Waals surface area contributed by atoms with Gasteiger partial charge in [-0.05, 0) is 102 Å². The number of nitrogens with one attached hydrogen (secondary N) is 1. The summed E-state index contributed by atoms with van der Waals surface area (Å²) in [6.07, 6.45) is 12.0. The van der Waals surface area contributed by atoms with Crippen molar-refractivity contribution in [1.82, 2.24) is 5.09 Å². The van der Waals surface area contributed by atoms with Gasteiger partial charge in [-0.1, -0.05) is 44.4 Å². The third-order valence-electron chi connectivity index (χ3n) is 6.31. The number of esters is 1. The molecule has 6 nitrogen and oxygen atoms in total. The van der Waals surface area contributed by atoms with E-state index in [0.717, 1.165) is 17.6 Å². The van der Waals surface area contributed by atoms with Gasteiger partial charge >= 0.3 is 13.7 Å². The lowest BCUT2D eigenvalue weighted by Crippen LogP contribution is -2.23. The Morgan fingerprint density at radius 2 is 1.90 bits per heavy atom. The third-order valence-corrected chi connectivity index (χ3v) is 9.09. The minimum absolute atomic E-state index is 0.0175. The Labute approximate surface area is 241 Å². The third kappa shape index (κ3) is 10.8. The van der Waals surface area contributed by atoms with Crippen molar-refractivity contribution in [3.05, 3.63) is 47.1 Å². The van der Waals surface area contributed by atoms with Crippen LogP contribution in [-0.4, -0.2) is 31.0 Å². The van der Waals surface area contributed by atoms with Crippen molar-refractivity contribution in [1.29, 1.82) is 0 Å². The number of hydrogen-bond donors (Lipinski definition) is 1. The van der Waals surface area contributed by atoms with Gasteiger partial charge in [0.2, 0.25) is 0 Å². The molecule has 1 aliphatic carbocycles. The fraction of sp³-hybridized carbons (Fsp3) is 0.581. The zero-order valence-electron chi connectivity index (χ0n) is 25.6. The second-order valence-electron chi connectivity index (χ2n) is 10.8. The van der Waals surface area contributed by atoms with E-state index >= 15 is 0 Å². The van der Waals surface area contributed by atoms with Crippen LogP contribution in [-0.2, 0) is 18.6 Å². The van der Waals surface area contributed by atoms with Gasteiger partial charge in [0.15, 0.2) is 6.10 Å². The molecule has 1 fully saturated rings. The summed E-state index contributed by atoms with van der Waals surface area (Å²) in [5.74, 6) is 3.11. The summed E-state index contributed by atoms with van der Waals surface area (Å²) < 4.78 is 28.8. The Kier molecular flexibility index (Phi) is 14.1. The minimum Gasteiger partial charge on any atom is -0.444 e. The lowest BCUT2D eigenvalue weighted by molar-refractivity contribution is -0.147. The first-order valence-corrected chi connectivity index (χ1v) is 16.3. The van der Waals surface area contributed by atoms with E-state index in [1.165, 1.54) is 10.5 Å². The highest BCUT2D eigenvalue weighted by Gasteiger charge is 2.61. The average molecular weight is 578 g/mol. The molecule has 0 heterocycles. The molecule has 0 spiro atoms. The van der Waals surface area contributed by atoms with Gasteiger partial charge in [0.25, 0.3) is 0 Å². The normalized spacial score (nSPS) is 20.0. The number of carbonyl (C=O) groups is 1.